The van der Waals surface area contributed by atoms with Gasteiger partial charge in [0.2, 0.25) is 0 Å². The molecule has 0 heterocycles. The molecule has 0 saturated heterocycles. The first kappa shape index (κ1) is 18.4. The van der Waals surface area contributed by atoms with Crippen LogP contribution >= 0.6 is 11.8 Å². The minimum Gasteiger partial charge on any atom is -0.374 e. The van der Waals surface area contributed by atoms with Crippen molar-refractivity contribution in [2.24, 2.45) is 5.92 Å². The Balaban J connectivity index is 4.04. The maximum Gasteiger partial charge on any atom is 0.500 e. The van der Waals surface area contributed by atoms with E-state index in [1.807, 2.05) is 32.5 Å². The first-order chi connectivity index (χ1) is 8.60. The molecule has 0 fully saturated rings. The highest BCUT2D eigenvalue weighted by Gasteiger charge is 2.39. The number of hydrogen-bond donors (Lipinski definition) is 0. The van der Waals surface area contributed by atoms with E-state index in [0.29, 0.717) is 19.8 Å². The zero-order valence-corrected chi connectivity index (χ0v) is 14.5. The Hall–Kier alpha value is 0.447. The molecular formula is C13H30O3SSi. The van der Waals surface area contributed by atoms with Crippen LogP contribution in [0.15, 0.2) is 0 Å². The Bertz CT molecular complexity index is 174. The highest BCUT2D eigenvalue weighted by Crippen LogP contribution is 2.20. The van der Waals surface area contributed by atoms with Gasteiger partial charge in [0.1, 0.15) is 0 Å². The Labute approximate surface area is 118 Å². The van der Waals surface area contributed by atoms with Gasteiger partial charge in [-0.05, 0) is 44.6 Å². The third-order valence-corrected chi connectivity index (χ3v) is 6.95. The van der Waals surface area contributed by atoms with Crippen LogP contribution in [0.1, 0.15) is 41.0 Å². The molecule has 0 atom stereocenters. The first-order valence-corrected chi connectivity index (χ1v) is 10.2. The van der Waals surface area contributed by atoms with Gasteiger partial charge in [-0.25, -0.2) is 0 Å². The molecule has 0 aliphatic heterocycles. The van der Waals surface area contributed by atoms with Crippen LogP contribution < -0.4 is 0 Å². The maximum absolute atomic E-state index is 5.82. The quantitative estimate of drug-likeness (QED) is 0.404. The summed E-state index contributed by atoms with van der Waals surface area (Å²) in [4.78, 5) is 0. The largest absolute Gasteiger partial charge is 0.500 e. The Kier molecular flexibility index (Phi) is 11.6. The minimum atomic E-state index is -2.39. The number of thioether (sulfide) groups is 1. The Morgan fingerprint density at radius 1 is 0.944 bits per heavy atom. The smallest absolute Gasteiger partial charge is 0.374 e. The molecule has 3 nitrogen and oxygen atoms in total. The summed E-state index contributed by atoms with van der Waals surface area (Å²) >= 11 is 2.01. The monoisotopic (exact) mass is 294 g/mol. The highest BCUT2D eigenvalue weighted by molar-refractivity contribution is 7.99. The van der Waals surface area contributed by atoms with Crippen LogP contribution in [-0.2, 0) is 13.3 Å². The average Bonchev–Trinajstić information content (AvgIpc) is 2.29. The normalized spacial score (nSPS) is 12.3. The lowest BCUT2D eigenvalue weighted by Gasteiger charge is -2.28. The zero-order chi connectivity index (χ0) is 13.9. The predicted octanol–water partition coefficient (Wildman–Crippen LogP) is 3.81. The van der Waals surface area contributed by atoms with Crippen molar-refractivity contribution < 1.29 is 13.3 Å². The van der Waals surface area contributed by atoms with Crippen LogP contribution in [0.25, 0.3) is 0 Å². The second-order valence-corrected chi connectivity index (χ2v) is 8.44. The van der Waals surface area contributed by atoms with Crippen LogP contribution in [0, 0.1) is 5.92 Å². The van der Waals surface area contributed by atoms with Gasteiger partial charge < -0.3 is 13.3 Å². The standard InChI is InChI=1S/C13H30O3SSi/c1-6-14-18(15-7-2,16-8-3)11-9-10-17-12-13(4)5/h13H,6-12H2,1-5H3. The van der Waals surface area contributed by atoms with Gasteiger partial charge in [-0.3, -0.25) is 0 Å². The summed E-state index contributed by atoms with van der Waals surface area (Å²) in [6.45, 7) is 12.6. The lowest BCUT2D eigenvalue weighted by atomic mass is 10.3. The van der Waals surface area contributed by atoms with Crippen molar-refractivity contribution >= 4 is 20.6 Å². The molecule has 0 aromatic rings. The SMILES string of the molecule is CCO[Si](CCCSCC(C)C)(OCC)OCC. The minimum absolute atomic E-state index is 0.672. The van der Waals surface area contributed by atoms with Gasteiger partial charge >= 0.3 is 8.80 Å². The number of hydrogen-bond acceptors (Lipinski definition) is 4. The fraction of sp³-hybridized carbons (Fsp3) is 1.00. The maximum atomic E-state index is 5.82. The molecule has 0 aromatic carbocycles. The van der Waals surface area contributed by atoms with Gasteiger partial charge in [0.25, 0.3) is 0 Å². The van der Waals surface area contributed by atoms with Crippen LogP contribution in [0.2, 0.25) is 6.04 Å². The topological polar surface area (TPSA) is 27.7 Å². The van der Waals surface area contributed by atoms with Gasteiger partial charge in [0, 0.05) is 25.9 Å². The van der Waals surface area contributed by atoms with Crippen molar-refractivity contribution in [3.63, 3.8) is 0 Å². The summed E-state index contributed by atoms with van der Waals surface area (Å²) in [5, 5.41) is 0. The summed E-state index contributed by atoms with van der Waals surface area (Å²) in [5.74, 6) is 3.16. The predicted molar refractivity (Wildman–Crippen MR) is 82.2 cm³/mol. The van der Waals surface area contributed by atoms with Crippen LogP contribution in [-0.4, -0.2) is 40.1 Å². The van der Waals surface area contributed by atoms with E-state index in [9.17, 15) is 0 Å². The molecule has 0 saturated carbocycles. The van der Waals surface area contributed by atoms with Crippen LogP contribution in [0.5, 0.6) is 0 Å². The van der Waals surface area contributed by atoms with Crippen molar-refractivity contribution in [3.8, 4) is 0 Å². The van der Waals surface area contributed by atoms with Gasteiger partial charge in [0.15, 0.2) is 0 Å². The molecule has 0 amide bonds. The average molecular weight is 295 g/mol. The molecule has 0 bridgehead atoms. The molecule has 0 spiro atoms. The molecule has 110 valence electrons. The molecule has 0 radical (unpaired) electrons. The molecule has 0 aromatic heterocycles. The molecule has 0 rings (SSSR count). The summed E-state index contributed by atoms with van der Waals surface area (Å²) in [6, 6.07) is 0.938. The van der Waals surface area contributed by atoms with Crippen LogP contribution in [0.4, 0.5) is 0 Å². The van der Waals surface area contributed by atoms with E-state index in [1.54, 1.807) is 0 Å². The van der Waals surface area contributed by atoms with Crippen molar-refractivity contribution in [1.29, 1.82) is 0 Å². The van der Waals surface area contributed by atoms with Crippen molar-refractivity contribution in [2.75, 3.05) is 31.3 Å². The third-order valence-electron chi connectivity index (χ3n) is 2.32. The molecule has 0 aliphatic carbocycles. The highest BCUT2D eigenvalue weighted by atomic mass is 32.2. The fourth-order valence-electron chi connectivity index (χ4n) is 1.71. The van der Waals surface area contributed by atoms with Gasteiger partial charge in [-0.2, -0.15) is 11.8 Å². The third kappa shape index (κ3) is 8.53. The van der Waals surface area contributed by atoms with E-state index in [4.69, 9.17) is 13.3 Å². The summed E-state index contributed by atoms with van der Waals surface area (Å²) in [7, 11) is -2.39. The van der Waals surface area contributed by atoms with E-state index >= 15 is 0 Å². The van der Waals surface area contributed by atoms with E-state index < -0.39 is 8.80 Å². The Morgan fingerprint density at radius 3 is 1.83 bits per heavy atom. The second-order valence-electron chi connectivity index (χ2n) is 4.55. The van der Waals surface area contributed by atoms with Gasteiger partial charge in [0.05, 0.1) is 0 Å². The second kappa shape index (κ2) is 11.3. The van der Waals surface area contributed by atoms with Gasteiger partial charge in [-0.1, -0.05) is 13.8 Å². The first-order valence-electron chi connectivity index (χ1n) is 7.09. The Morgan fingerprint density at radius 2 is 1.44 bits per heavy atom. The van der Waals surface area contributed by atoms with Crippen molar-refractivity contribution in [1.82, 2.24) is 0 Å². The van der Waals surface area contributed by atoms with Gasteiger partial charge in [-0.15, -0.1) is 0 Å². The van der Waals surface area contributed by atoms with Crippen LogP contribution in [0.3, 0.4) is 0 Å². The molecule has 0 unspecified atom stereocenters. The summed E-state index contributed by atoms with van der Waals surface area (Å²) in [5.41, 5.74) is 0. The zero-order valence-electron chi connectivity index (χ0n) is 12.7. The van der Waals surface area contributed by atoms with E-state index in [-0.39, 0.29) is 0 Å². The fourth-order valence-corrected chi connectivity index (χ4v) is 5.57. The number of rotatable bonds is 12. The molecule has 5 heteroatoms. The lowest BCUT2D eigenvalue weighted by molar-refractivity contribution is 0.0712. The molecule has 18 heavy (non-hydrogen) atoms. The van der Waals surface area contributed by atoms with E-state index in [1.165, 1.54) is 11.5 Å². The molecule has 0 N–H and O–H groups in total. The molecule has 0 aliphatic rings. The molecular weight excluding hydrogens is 264 g/mol. The van der Waals surface area contributed by atoms with Crippen molar-refractivity contribution in [3.05, 3.63) is 0 Å². The van der Waals surface area contributed by atoms with E-state index in [2.05, 4.69) is 13.8 Å². The summed E-state index contributed by atoms with van der Waals surface area (Å²) < 4.78 is 17.5. The lowest BCUT2D eigenvalue weighted by Crippen LogP contribution is -2.46. The van der Waals surface area contributed by atoms with E-state index in [0.717, 1.165) is 18.4 Å². The summed E-state index contributed by atoms with van der Waals surface area (Å²) in [6.07, 6.45) is 1.11. The van der Waals surface area contributed by atoms with Crippen molar-refractivity contribution in [2.45, 2.75) is 47.1 Å².